The molecule has 2 aliphatic carbocycles. The van der Waals surface area contributed by atoms with Gasteiger partial charge >= 0.3 is 0 Å². The van der Waals surface area contributed by atoms with E-state index < -0.39 is 0 Å². The number of hydrogen-bond acceptors (Lipinski definition) is 1. The van der Waals surface area contributed by atoms with Crippen LogP contribution < -0.4 is 5.32 Å². The third kappa shape index (κ3) is 8.88. The first-order chi connectivity index (χ1) is 13.1. The molecule has 2 rings (SSSR count). The minimum Gasteiger partial charge on any atom is -0.317 e. The predicted molar refractivity (Wildman–Crippen MR) is 121 cm³/mol. The molecule has 0 bridgehead atoms. The second-order valence-electron chi connectivity index (χ2n) is 10.6. The van der Waals surface area contributed by atoms with E-state index in [0.717, 1.165) is 42.1 Å². The Morgan fingerprint density at radius 3 is 2.22 bits per heavy atom. The van der Waals surface area contributed by atoms with E-state index in [9.17, 15) is 0 Å². The molecule has 0 aromatic rings. The largest absolute Gasteiger partial charge is 0.317 e. The monoisotopic (exact) mass is 377 g/mol. The maximum Gasteiger partial charge on any atom is -0.00465 e. The van der Waals surface area contributed by atoms with Crippen molar-refractivity contribution in [3.8, 4) is 0 Å². The molecule has 1 nitrogen and oxygen atoms in total. The molecule has 6 atom stereocenters. The molecule has 2 aliphatic rings. The fraction of sp³-hybridized carbons (Fsp3) is 1.00. The van der Waals surface area contributed by atoms with Gasteiger partial charge in [-0.15, -0.1) is 0 Å². The first-order valence-corrected chi connectivity index (χ1v) is 12.8. The van der Waals surface area contributed by atoms with Crippen molar-refractivity contribution in [2.75, 3.05) is 13.1 Å². The molecule has 0 saturated heterocycles. The maximum atomic E-state index is 3.55. The van der Waals surface area contributed by atoms with E-state index in [0.29, 0.717) is 0 Å². The van der Waals surface area contributed by atoms with Crippen LogP contribution in [0.2, 0.25) is 0 Å². The third-order valence-electron chi connectivity index (χ3n) is 7.97. The van der Waals surface area contributed by atoms with Gasteiger partial charge in [0.15, 0.2) is 0 Å². The van der Waals surface area contributed by atoms with E-state index in [2.05, 4.69) is 33.0 Å². The van der Waals surface area contributed by atoms with Crippen LogP contribution in [-0.4, -0.2) is 13.1 Å². The molecule has 2 saturated carbocycles. The molecule has 0 heterocycles. The summed E-state index contributed by atoms with van der Waals surface area (Å²) in [7, 11) is 0. The van der Waals surface area contributed by atoms with E-state index >= 15 is 0 Å². The fourth-order valence-corrected chi connectivity index (χ4v) is 6.26. The summed E-state index contributed by atoms with van der Waals surface area (Å²) in [5, 5.41) is 3.55. The smallest absolute Gasteiger partial charge is 0.00465 e. The summed E-state index contributed by atoms with van der Waals surface area (Å²) in [5.41, 5.74) is 0. The van der Waals surface area contributed by atoms with E-state index in [1.807, 2.05) is 0 Å². The molecule has 0 spiro atoms. The van der Waals surface area contributed by atoms with Crippen LogP contribution in [0.4, 0.5) is 0 Å². The molecule has 2 fully saturated rings. The zero-order valence-corrected chi connectivity index (χ0v) is 19.3. The first kappa shape index (κ1) is 23.2. The molecule has 0 aliphatic heterocycles. The summed E-state index contributed by atoms with van der Waals surface area (Å²) in [4.78, 5) is 0. The van der Waals surface area contributed by atoms with Crippen molar-refractivity contribution >= 4 is 0 Å². The maximum absolute atomic E-state index is 3.55. The fourth-order valence-electron chi connectivity index (χ4n) is 6.26. The van der Waals surface area contributed by atoms with Crippen molar-refractivity contribution in [2.24, 2.45) is 35.5 Å². The van der Waals surface area contributed by atoms with E-state index in [1.165, 1.54) is 96.4 Å². The van der Waals surface area contributed by atoms with Crippen LogP contribution in [0.25, 0.3) is 0 Å². The Bertz CT molecular complexity index is 365. The van der Waals surface area contributed by atoms with Gasteiger partial charge in [-0.05, 0) is 67.9 Å². The number of rotatable bonds is 7. The summed E-state index contributed by atoms with van der Waals surface area (Å²) < 4.78 is 0. The van der Waals surface area contributed by atoms with Crippen molar-refractivity contribution in [2.45, 2.75) is 118 Å². The highest BCUT2D eigenvalue weighted by Gasteiger charge is 2.32. The summed E-state index contributed by atoms with van der Waals surface area (Å²) in [6, 6.07) is 0. The minimum absolute atomic E-state index is 0.891. The normalized spacial score (nSPS) is 35.3. The molecule has 1 N–H and O–H groups in total. The van der Waals surface area contributed by atoms with Crippen molar-refractivity contribution in [1.82, 2.24) is 5.32 Å². The van der Waals surface area contributed by atoms with Gasteiger partial charge in [0.2, 0.25) is 0 Å². The van der Waals surface area contributed by atoms with Crippen LogP contribution in [0.3, 0.4) is 0 Å². The van der Waals surface area contributed by atoms with Crippen LogP contribution in [0.1, 0.15) is 118 Å². The van der Waals surface area contributed by atoms with Gasteiger partial charge in [0.25, 0.3) is 0 Å². The van der Waals surface area contributed by atoms with E-state index in [4.69, 9.17) is 0 Å². The van der Waals surface area contributed by atoms with Crippen molar-refractivity contribution < 1.29 is 0 Å². The summed E-state index contributed by atoms with van der Waals surface area (Å²) >= 11 is 0. The molecule has 0 amide bonds. The van der Waals surface area contributed by atoms with Crippen molar-refractivity contribution in [3.63, 3.8) is 0 Å². The third-order valence-corrected chi connectivity index (χ3v) is 7.97. The van der Waals surface area contributed by atoms with E-state index in [1.54, 1.807) is 0 Å². The quantitative estimate of drug-likeness (QED) is 0.445. The summed E-state index contributed by atoms with van der Waals surface area (Å²) in [5.74, 6) is 5.88. The number of hydrogen-bond donors (Lipinski definition) is 1. The molecule has 0 aromatic carbocycles. The van der Waals surface area contributed by atoms with Gasteiger partial charge in [-0.1, -0.05) is 98.3 Å². The zero-order valence-electron chi connectivity index (χ0n) is 19.3. The standard InChI is InChI=1S/C26H51N/c1-5-27-18-17-23(4)19-25-15-9-7-12-22(3)20-26(25)24-14-8-6-11-21(2)13-10-16-24/h21-27H,5-20H2,1-4H3/t21?,22?,23?,24?,25-,26?/m1/s1. The lowest BCUT2D eigenvalue weighted by atomic mass is 9.67. The van der Waals surface area contributed by atoms with Crippen LogP contribution in [0.5, 0.6) is 0 Å². The van der Waals surface area contributed by atoms with Gasteiger partial charge in [0, 0.05) is 0 Å². The highest BCUT2D eigenvalue weighted by molar-refractivity contribution is 4.83. The van der Waals surface area contributed by atoms with E-state index in [-0.39, 0.29) is 0 Å². The lowest BCUT2D eigenvalue weighted by Crippen LogP contribution is -2.29. The van der Waals surface area contributed by atoms with Crippen LogP contribution >= 0.6 is 0 Å². The lowest BCUT2D eigenvalue weighted by Gasteiger charge is -2.39. The zero-order chi connectivity index (χ0) is 19.5. The second-order valence-corrected chi connectivity index (χ2v) is 10.6. The molecule has 5 unspecified atom stereocenters. The average molecular weight is 378 g/mol. The van der Waals surface area contributed by atoms with Crippen LogP contribution in [-0.2, 0) is 0 Å². The SMILES string of the molecule is CCNCCC(C)C[C@H]1CCCCC(C)CC1C1CCCCC(C)CCC1. The molecule has 0 aromatic heterocycles. The van der Waals surface area contributed by atoms with Gasteiger partial charge in [-0.2, -0.15) is 0 Å². The topological polar surface area (TPSA) is 12.0 Å². The molecular weight excluding hydrogens is 326 g/mol. The van der Waals surface area contributed by atoms with Gasteiger partial charge in [0.1, 0.15) is 0 Å². The van der Waals surface area contributed by atoms with Crippen LogP contribution in [0, 0.1) is 35.5 Å². The van der Waals surface area contributed by atoms with Gasteiger partial charge in [0.05, 0.1) is 0 Å². The highest BCUT2D eigenvalue weighted by Crippen LogP contribution is 2.43. The summed E-state index contributed by atoms with van der Waals surface area (Å²) in [6.45, 7) is 12.1. The predicted octanol–water partition coefficient (Wildman–Crippen LogP) is 7.84. The second kappa shape index (κ2) is 13.2. The number of nitrogens with one attached hydrogen (secondary N) is 1. The summed E-state index contributed by atoms with van der Waals surface area (Å²) in [6.07, 6.45) is 20.9. The molecule has 27 heavy (non-hydrogen) atoms. The molecule has 1 heteroatoms. The Morgan fingerprint density at radius 1 is 0.815 bits per heavy atom. The van der Waals surface area contributed by atoms with Gasteiger partial charge in [-0.3, -0.25) is 0 Å². The molecule has 160 valence electrons. The van der Waals surface area contributed by atoms with Gasteiger partial charge in [-0.25, -0.2) is 0 Å². The Morgan fingerprint density at radius 2 is 1.44 bits per heavy atom. The minimum atomic E-state index is 0.891. The Hall–Kier alpha value is -0.0400. The van der Waals surface area contributed by atoms with Crippen LogP contribution in [0.15, 0.2) is 0 Å². The highest BCUT2D eigenvalue weighted by atomic mass is 14.8. The Kier molecular flexibility index (Phi) is 11.4. The van der Waals surface area contributed by atoms with Gasteiger partial charge < -0.3 is 5.32 Å². The average Bonchev–Trinajstić information content (AvgIpc) is 2.73. The Balaban J connectivity index is 2.01. The molecular formula is C26H51N. The lowest BCUT2D eigenvalue weighted by molar-refractivity contribution is 0.118. The van der Waals surface area contributed by atoms with Crippen molar-refractivity contribution in [3.05, 3.63) is 0 Å². The molecule has 0 radical (unpaired) electrons. The first-order valence-electron chi connectivity index (χ1n) is 12.8. The van der Waals surface area contributed by atoms with Crippen molar-refractivity contribution in [1.29, 1.82) is 0 Å². The Labute approximate surface area is 171 Å².